The van der Waals surface area contributed by atoms with Gasteiger partial charge >= 0.3 is 0 Å². The third kappa shape index (κ3) is 1.55. The van der Waals surface area contributed by atoms with Gasteiger partial charge in [0, 0.05) is 10.6 Å². The first kappa shape index (κ1) is 8.14. The van der Waals surface area contributed by atoms with Crippen LogP contribution in [0.1, 0.15) is 0 Å². The van der Waals surface area contributed by atoms with Gasteiger partial charge in [-0.1, -0.05) is 17.7 Å². The molecular weight excluding hydrogens is 260 g/mol. The van der Waals surface area contributed by atoms with Crippen LogP contribution >= 0.6 is 34.2 Å². The smallest absolute Gasteiger partial charge is 0.0770 e. The molecule has 0 unspecified atom stereocenters. The molecule has 0 radical (unpaired) electrons. The molecule has 0 heterocycles. The molecule has 10 heavy (non-hydrogen) atoms. The van der Waals surface area contributed by atoms with Crippen LogP contribution in [0.25, 0.3) is 0 Å². The van der Waals surface area contributed by atoms with Gasteiger partial charge in [-0.25, -0.2) is 0 Å². The van der Waals surface area contributed by atoms with Gasteiger partial charge < -0.3 is 5.32 Å². The van der Waals surface area contributed by atoms with Crippen molar-refractivity contribution >= 4 is 39.9 Å². The minimum atomic E-state index is 0.797. The maximum absolute atomic E-state index is 5.92. The summed E-state index contributed by atoms with van der Waals surface area (Å²) in [4.78, 5) is 0. The summed E-state index contributed by atoms with van der Waals surface area (Å²) in [7, 11) is 1.86. The molecule has 0 aliphatic heterocycles. The highest BCUT2D eigenvalue weighted by atomic mass is 127. The van der Waals surface area contributed by atoms with Crippen LogP contribution in [-0.4, -0.2) is 7.05 Å². The van der Waals surface area contributed by atoms with E-state index in [4.69, 9.17) is 11.6 Å². The monoisotopic (exact) mass is 267 g/mol. The molecule has 0 saturated heterocycles. The zero-order valence-corrected chi connectivity index (χ0v) is 8.40. The van der Waals surface area contributed by atoms with E-state index in [0.717, 1.165) is 14.3 Å². The lowest BCUT2D eigenvalue weighted by Gasteiger charge is -2.02. The molecule has 0 amide bonds. The zero-order valence-electron chi connectivity index (χ0n) is 5.49. The summed E-state index contributed by atoms with van der Waals surface area (Å²) in [6, 6.07) is 5.90. The van der Waals surface area contributed by atoms with Crippen LogP contribution in [0.3, 0.4) is 0 Å². The molecule has 3 heteroatoms. The lowest BCUT2D eigenvalue weighted by Crippen LogP contribution is -1.89. The lowest BCUT2D eigenvalue weighted by molar-refractivity contribution is 1.50. The summed E-state index contributed by atoms with van der Waals surface area (Å²) in [5.41, 5.74) is 0.980. The maximum atomic E-state index is 5.92. The van der Waals surface area contributed by atoms with Crippen molar-refractivity contribution in [2.24, 2.45) is 0 Å². The maximum Gasteiger partial charge on any atom is 0.0770 e. The number of nitrogens with one attached hydrogen (secondary N) is 1. The summed E-state index contributed by atoms with van der Waals surface area (Å²) < 4.78 is 1.08. The quantitative estimate of drug-likeness (QED) is 0.771. The third-order valence-corrected chi connectivity index (χ3v) is 2.85. The molecule has 1 aromatic carbocycles. The van der Waals surface area contributed by atoms with Crippen LogP contribution in [0, 0.1) is 3.57 Å². The van der Waals surface area contributed by atoms with E-state index < -0.39 is 0 Å². The van der Waals surface area contributed by atoms with Crippen LogP contribution in [0.5, 0.6) is 0 Å². The summed E-state index contributed by atoms with van der Waals surface area (Å²) in [5.74, 6) is 0. The molecule has 54 valence electrons. The molecule has 0 spiro atoms. The van der Waals surface area contributed by atoms with Crippen LogP contribution in [0.2, 0.25) is 5.02 Å². The fraction of sp³-hybridized carbons (Fsp3) is 0.143. The van der Waals surface area contributed by atoms with Crippen molar-refractivity contribution in [1.82, 2.24) is 0 Å². The fourth-order valence-electron chi connectivity index (χ4n) is 0.697. The molecule has 0 aliphatic carbocycles. The molecule has 1 N–H and O–H groups in total. The molecule has 0 atom stereocenters. The van der Waals surface area contributed by atoms with Crippen molar-refractivity contribution in [3.63, 3.8) is 0 Å². The van der Waals surface area contributed by atoms with Crippen molar-refractivity contribution < 1.29 is 0 Å². The lowest BCUT2D eigenvalue weighted by atomic mass is 10.3. The second-order valence-electron chi connectivity index (χ2n) is 1.85. The largest absolute Gasteiger partial charge is 0.387 e. The standard InChI is InChI=1S/C7H7ClIN/c1-10-6-4-2-3-5(9)7(6)8/h2-4,10H,1H3. The van der Waals surface area contributed by atoms with E-state index in [9.17, 15) is 0 Å². The van der Waals surface area contributed by atoms with Crippen LogP contribution in [0.4, 0.5) is 5.69 Å². The molecule has 1 nitrogen and oxygen atoms in total. The molecule has 0 saturated carbocycles. The minimum absolute atomic E-state index is 0.797. The van der Waals surface area contributed by atoms with Gasteiger partial charge in [0.15, 0.2) is 0 Å². The van der Waals surface area contributed by atoms with E-state index in [1.807, 2.05) is 25.2 Å². The van der Waals surface area contributed by atoms with Crippen LogP contribution in [-0.2, 0) is 0 Å². The van der Waals surface area contributed by atoms with Crippen LogP contribution in [0.15, 0.2) is 18.2 Å². The number of hydrogen-bond donors (Lipinski definition) is 1. The molecular formula is C7H7ClIN. The van der Waals surface area contributed by atoms with E-state index in [2.05, 4.69) is 27.9 Å². The highest BCUT2D eigenvalue weighted by Crippen LogP contribution is 2.26. The first-order valence-corrected chi connectivity index (χ1v) is 4.33. The van der Waals surface area contributed by atoms with Crippen molar-refractivity contribution in [3.8, 4) is 0 Å². The SMILES string of the molecule is CNc1cccc(I)c1Cl. The van der Waals surface area contributed by atoms with Gasteiger partial charge in [-0.05, 0) is 34.7 Å². The molecule has 1 rings (SSSR count). The summed E-state index contributed by atoms with van der Waals surface area (Å²) >= 11 is 8.12. The minimum Gasteiger partial charge on any atom is -0.387 e. The first-order valence-electron chi connectivity index (χ1n) is 2.87. The highest BCUT2D eigenvalue weighted by molar-refractivity contribution is 14.1. The summed E-state index contributed by atoms with van der Waals surface area (Å²) in [5, 5.41) is 3.80. The number of rotatable bonds is 1. The van der Waals surface area contributed by atoms with Gasteiger partial charge in [-0.15, -0.1) is 0 Å². The van der Waals surface area contributed by atoms with Crippen molar-refractivity contribution in [2.75, 3.05) is 12.4 Å². The number of halogens is 2. The summed E-state index contributed by atoms with van der Waals surface area (Å²) in [6.07, 6.45) is 0. The molecule has 0 bridgehead atoms. The van der Waals surface area contributed by atoms with Gasteiger partial charge in [-0.3, -0.25) is 0 Å². The summed E-state index contributed by atoms with van der Waals surface area (Å²) in [6.45, 7) is 0. The van der Waals surface area contributed by atoms with Crippen LogP contribution < -0.4 is 5.32 Å². The van der Waals surface area contributed by atoms with E-state index in [1.54, 1.807) is 0 Å². The van der Waals surface area contributed by atoms with Gasteiger partial charge in [0.05, 0.1) is 10.7 Å². The average molecular weight is 267 g/mol. The van der Waals surface area contributed by atoms with E-state index in [0.29, 0.717) is 0 Å². The van der Waals surface area contributed by atoms with Crippen molar-refractivity contribution in [1.29, 1.82) is 0 Å². The van der Waals surface area contributed by atoms with E-state index in [1.165, 1.54) is 0 Å². The second kappa shape index (κ2) is 3.44. The molecule has 0 aromatic heterocycles. The first-order chi connectivity index (χ1) is 4.75. The van der Waals surface area contributed by atoms with Gasteiger partial charge in [0.25, 0.3) is 0 Å². The number of anilines is 1. The predicted molar refractivity (Wildman–Crippen MR) is 53.7 cm³/mol. The third-order valence-electron chi connectivity index (χ3n) is 1.22. The molecule has 1 aromatic rings. The second-order valence-corrected chi connectivity index (χ2v) is 3.39. The predicted octanol–water partition coefficient (Wildman–Crippen LogP) is 2.99. The Morgan fingerprint density at radius 2 is 2.20 bits per heavy atom. The zero-order chi connectivity index (χ0) is 7.56. The number of benzene rings is 1. The highest BCUT2D eigenvalue weighted by Gasteiger charge is 1.99. The van der Waals surface area contributed by atoms with Gasteiger partial charge in [0.2, 0.25) is 0 Å². The average Bonchev–Trinajstić information content (AvgIpc) is 1.95. The molecule has 0 fully saturated rings. The van der Waals surface area contributed by atoms with Gasteiger partial charge in [0.1, 0.15) is 0 Å². The Labute approximate surface area is 78.9 Å². The van der Waals surface area contributed by atoms with E-state index in [-0.39, 0.29) is 0 Å². The number of hydrogen-bond acceptors (Lipinski definition) is 1. The Morgan fingerprint density at radius 3 is 2.70 bits per heavy atom. The van der Waals surface area contributed by atoms with Gasteiger partial charge in [-0.2, -0.15) is 0 Å². The Balaban J connectivity index is 3.14. The topological polar surface area (TPSA) is 12.0 Å². The Bertz CT molecular complexity index is 237. The molecule has 0 aliphatic rings. The Morgan fingerprint density at radius 1 is 1.50 bits per heavy atom. The van der Waals surface area contributed by atoms with E-state index >= 15 is 0 Å². The van der Waals surface area contributed by atoms with Crippen molar-refractivity contribution in [3.05, 3.63) is 26.8 Å². The normalized spacial score (nSPS) is 9.50. The van der Waals surface area contributed by atoms with Crippen molar-refractivity contribution in [2.45, 2.75) is 0 Å². The Hall–Kier alpha value is 0.0400. The fourth-order valence-corrected chi connectivity index (χ4v) is 1.42. The Kier molecular flexibility index (Phi) is 2.80.